The van der Waals surface area contributed by atoms with E-state index in [0.29, 0.717) is 18.4 Å². The molecule has 2 atom stereocenters. The lowest BCUT2D eigenvalue weighted by Crippen LogP contribution is -2.31. The zero-order valence-corrected chi connectivity index (χ0v) is 14.2. The molecule has 3 aromatic rings. The summed E-state index contributed by atoms with van der Waals surface area (Å²) < 4.78 is 2.17. The first-order valence-corrected chi connectivity index (χ1v) is 8.85. The number of aromatic nitrogens is 6. The minimum atomic E-state index is -0.803. The lowest BCUT2D eigenvalue weighted by molar-refractivity contribution is 0.145. The van der Waals surface area contributed by atoms with Gasteiger partial charge in [0.1, 0.15) is 11.8 Å². The molecule has 3 aromatic heterocycles. The zero-order chi connectivity index (χ0) is 17.0. The second-order valence-corrected chi connectivity index (χ2v) is 7.08. The molecule has 2 aliphatic rings. The number of pyridine rings is 1. The van der Waals surface area contributed by atoms with Crippen LogP contribution in [0.5, 0.6) is 0 Å². The molecule has 0 amide bonds. The Morgan fingerprint density at radius 2 is 2.32 bits per heavy atom. The third kappa shape index (κ3) is 2.28. The number of hydrogen-bond donors (Lipinski definition) is 2. The fourth-order valence-corrected chi connectivity index (χ4v) is 4.48. The molecule has 1 fully saturated rings. The van der Waals surface area contributed by atoms with Crippen LogP contribution < -0.4 is 0 Å². The van der Waals surface area contributed by atoms with Crippen molar-refractivity contribution in [3.05, 3.63) is 34.9 Å². The normalized spacial score (nSPS) is 21.4. The van der Waals surface area contributed by atoms with Gasteiger partial charge in [0.05, 0.1) is 6.54 Å². The van der Waals surface area contributed by atoms with Crippen LogP contribution in [0.2, 0.25) is 0 Å². The molecule has 130 valence electrons. The number of tetrazole rings is 1. The zero-order valence-electron chi connectivity index (χ0n) is 14.2. The molecule has 0 saturated carbocycles. The van der Waals surface area contributed by atoms with E-state index in [9.17, 15) is 5.11 Å². The summed E-state index contributed by atoms with van der Waals surface area (Å²) in [6.45, 7) is 4.74. The average Bonchev–Trinajstić information content (AvgIpc) is 3.33. The van der Waals surface area contributed by atoms with Gasteiger partial charge in [0.15, 0.2) is 0 Å². The Morgan fingerprint density at radius 1 is 1.40 bits per heavy atom. The Bertz CT molecular complexity index is 917. The molecule has 8 nitrogen and oxygen atoms in total. The van der Waals surface area contributed by atoms with Gasteiger partial charge in [-0.05, 0) is 43.5 Å². The van der Waals surface area contributed by atoms with E-state index < -0.39 is 6.10 Å². The standard InChI is InChI=1S/C17H21N7O/c1-10-7-11-15-12-3-2-5-23(12)6-4-13(15)24(17(11)18-8-10)9-14(25)16-19-21-22-20-16/h7-8,12,14,25H,2-6,9H2,1H3,(H,19,20,21,22). The molecule has 25 heavy (non-hydrogen) atoms. The highest BCUT2D eigenvalue weighted by atomic mass is 16.3. The van der Waals surface area contributed by atoms with E-state index in [1.54, 1.807) is 0 Å². The van der Waals surface area contributed by atoms with Crippen LogP contribution >= 0.6 is 0 Å². The highest BCUT2D eigenvalue weighted by Crippen LogP contribution is 2.43. The average molecular weight is 339 g/mol. The van der Waals surface area contributed by atoms with Crippen LogP contribution in [0, 0.1) is 6.92 Å². The predicted molar refractivity (Wildman–Crippen MR) is 90.9 cm³/mol. The highest BCUT2D eigenvalue weighted by molar-refractivity contribution is 5.84. The second kappa shape index (κ2) is 5.60. The molecule has 5 rings (SSSR count). The van der Waals surface area contributed by atoms with E-state index in [-0.39, 0.29) is 0 Å². The number of aliphatic hydroxyl groups excluding tert-OH is 1. The Kier molecular flexibility index (Phi) is 3.36. The molecule has 1 saturated heterocycles. The molecule has 0 aliphatic carbocycles. The number of fused-ring (bicyclic) bond motifs is 5. The summed E-state index contributed by atoms with van der Waals surface area (Å²) in [5, 5.41) is 25.6. The van der Waals surface area contributed by atoms with Crippen LogP contribution in [-0.4, -0.2) is 53.3 Å². The van der Waals surface area contributed by atoms with Gasteiger partial charge in [-0.25, -0.2) is 4.98 Å². The van der Waals surface area contributed by atoms with E-state index in [1.807, 2.05) is 6.20 Å². The first-order chi connectivity index (χ1) is 12.2. The van der Waals surface area contributed by atoms with E-state index in [4.69, 9.17) is 4.98 Å². The van der Waals surface area contributed by atoms with E-state index in [2.05, 4.69) is 43.1 Å². The first kappa shape index (κ1) is 15.0. The van der Waals surface area contributed by atoms with Gasteiger partial charge in [0, 0.05) is 36.3 Å². The summed E-state index contributed by atoms with van der Waals surface area (Å²) in [6.07, 6.45) is 4.54. The topological polar surface area (TPSA) is 95.8 Å². The van der Waals surface area contributed by atoms with Crippen molar-refractivity contribution in [2.24, 2.45) is 0 Å². The lowest BCUT2D eigenvalue weighted by Gasteiger charge is -2.31. The fraction of sp³-hybridized carbons (Fsp3) is 0.529. The van der Waals surface area contributed by atoms with Gasteiger partial charge in [0.2, 0.25) is 5.82 Å². The maximum atomic E-state index is 10.5. The summed E-state index contributed by atoms with van der Waals surface area (Å²) in [5.74, 6) is 0.320. The Labute approximate surface area is 144 Å². The number of H-pyrrole nitrogens is 1. The summed E-state index contributed by atoms with van der Waals surface area (Å²) >= 11 is 0. The van der Waals surface area contributed by atoms with Crippen molar-refractivity contribution < 1.29 is 5.11 Å². The largest absolute Gasteiger partial charge is 0.383 e. The van der Waals surface area contributed by atoms with Gasteiger partial charge in [-0.15, -0.1) is 10.2 Å². The monoisotopic (exact) mass is 339 g/mol. The summed E-state index contributed by atoms with van der Waals surface area (Å²) in [6, 6.07) is 2.72. The molecule has 0 spiro atoms. The van der Waals surface area contributed by atoms with Crippen molar-refractivity contribution in [3.8, 4) is 0 Å². The molecule has 2 unspecified atom stereocenters. The number of nitrogens with one attached hydrogen (secondary N) is 1. The number of rotatable bonds is 3. The molecule has 8 heteroatoms. The molecular weight excluding hydrogens is 318 g/mol. The van der Waals surface area contributed by atoms with Crippen LogP contribution in [0.15, 0.2) is 12.3 Å². The van der Waals surface area contributed by atoms with Crippen molar-refractivity contribution in [2.45, 2.75) is 44.9 Å². The van der Waals surface area contributed by atoms with E-state index >= 15 is 0 Å². The van der Waals surface area contributed by atoms with Gasteiger partial charge in [-0.2, -0.15) is 5.21 Å². The number of aliphatic hydroxyl groups is 1. The van der Waals surface area contributed by atoms with Crippen LogP contribution in [-0.2, 0) is 13.0 Å². The van der Waals surface area contributed by atoms with Gasteiger partial charge < -0.3 is 9.67 Å². The van der Waals surface area contributed by atoms with Gasteiger partial charge in [-0.1, -0.05) is 5.21 Å². The third-order valence-corrected chi connectivity index (χ3v) is 5.53. The molecular formula is C17H21N7O. The molecule has 0 radical (unpaired) electrons. The molecule has 5 heterocycles. The van der Waals surface area contributed by atoms with Crippen LogP contribution in [0.1, 0.15) is 47.6 Å². The smallest absolute Gasteiger partial charge is 0.204 e. The van der Waals surface area contributed by atoms with Crippen molar-refractivity contribution in [3.63, 3.8) is 0 Å². The second-order valence-electron chi connectivity index (χ2n) is 7.08. The summed E-state index contributed by atoms with van der Waals surface area (Å²) in [4.78, 5) is 7.29. The van der Waals surface area contributed by atoms with E-state index in [1.165, 1.54) is 41.6 Å². The number of aryl methyl sites for hydroxylation is 1. The number of aromatic amines is 1. The maximum Gasteiger partial charge on any atom is 0.204 e. The third-order valence-electron chi connectivity index (χ3n) is 5.53. The highest BCUT2D eigenvalue weighted by Gasteiger charge is 2.36. The summed E-state index contributed by atoms with van der Waals surface area (Å²) in [7, 11) is 0. The van der Waals surface area contributed by atoms with Crippen molar-refractivity contribution in [1.29, 1.82) is 0 Å². The summed E-state index contributed by atoms with van der Waals surface area (Å²) in [5.41, 5.74) is 4.84. The molecule has 0 bridgehead atoms. The van der Waals surface area contributed by atoms with Crippen molar-refractivity contribution >= 4 is 11.0 Å². The molecule has 2 N–H and O–H groups in total. The Morgan fingerprint density at radius 3 is 3.16 bits per heavy atom. The Hall–Kier alpha value is -2.32. The SMILES string of the molecule is Cc1cnc2c(c1)c1c(n2CC(O)c2nn[nH]n2)CCN2CCCC12. The van der Waals surface area contributed by atoms with Crippen molar-refractivity contribution in [2.75, 3.05) is 13.1 Å². The minimum Gasteiger partial charge on any atom is -0.383 e. The van der Waals surface area contributed by atoms with Gasteiger partial charge >= 0.3 is 0 Å². The van der Waals surface area contributed by atoms with Crippen LogP contribution in [0.3, 0.4) is 0 Å². The number of hydrogen-bond acceptors (Lipinski definition) is 6. The minimum absolute atomic E-state index is 0.320. The van der Waals surface area contributed by atoms with Crippen LogP contribution in [0.4, 0.5) is 0 Å². The van der Waals surface area contributed by atoms with E-state index in [0.717, 1.165) is 18.6 Å². The molecule has 2 aliphatic heterocycles. The Balaban J connectivity index is 1.66. The predicted octanol–water partition coefficient (Wildman–Crippen LogP) is 1.28. The van der Waals surface area contributed by atoms with Gasteiger partial charge in [-0.3, -0.25) is 4.90 Å². The molecule has 0 aromatic carbocycles. The van der Waals surface area contributed by atoms with Gasteiger partial charge in [0.25, 0.3) is 0 Å². The maximum absolute atomic E-state index is 10.5. The van der Waals surface area contributed by atoms with Crippen molar-refractivity contribution in [1.82, 2.24) is 35.1 Å². The van der Waals surface area contributed by atoms with Crippen LogP contribution in [0.25, 0.3) is 11.0 Å². The first-order valence-electron chi connectivity index (χ1n) is 8.85. The lowest BCUT2D eigenvalue weighted by atomic mass is 9.96. The quantitative estimate of drug-likeness (QED) is 0.746. The fourth-order valence-electron chi connectivity index (χ4n) is 4.48. The number of nitrogens with zero attached hydrogens (tertiary/aromatic N) is 6.